The van der Waals surface area contributed by atoms with Gasteiger partial charge >= 0.3 is 0 Å². The Morgan fingerprint density at radius 2 is 1.96 bits per heavy atom. The van der Waals surface area contributed by atoms with Crippen LogP contribution in [0.25, 0.3) is 0 Å². The number of likely N-dealkylation sites (tertiary alicyclic amines) is 2. The van der Waals surface area contributed by atoms with E-state index in [1.54, 1.807) is 24.7 Å². The molecular formula is C19H22N4O2. The second-order valence-corrected chi connectivity index (χ2v) is 6.97. The quantitative estimate of drug-likeness (QED) is 0.911. The van der Waals surface area contributed by atoms with E-state index in [1.165, 1.54) is 0 Å². The zero-order valence-corrected chi connectivity index (χ0v) is 14.3. The number of H-pyrrole nitrogens is 1. The van der Waals surface area contributed by atoms with Crippen molar-refractivity contribution >= 4 is 11.8 Å². The molecule has 0 radical (unpaired) electrons. The summed E-state index contributed by atoms with van der Waals surface area (Å²) in [7, 11) is 1.91. The molecule has 130 valence electrons. The van der Waals surface area contributed by atoms with Crippen LogP contribution in [0.5, 0.6) is 0 Å². The number of hydrogen-bond acceptors (Lipinski definition) is 3. The fraction of sp³-hybridized carbons (Fsp3) is 0.421. The zero-order chi connectivity index (χ0) is 17.4. The summed E-state index contributed by atoms with van der Waals surface area (Å²) in [4.78, 5) is 35.9. The van der Waals surface area contributed by atoms with E-state index in [0.29, 0.717) is 25.2 Å². The lowest BCUT2D eigenvalue weighted by molar-refractivity contribution is -0.130. The Hall–Kier alpha value is -2.63. The maximum absolute atomic E-state index is 12.6. The maximum Gasteiger partial charge on any atom is 0.270 e. The van der Waals surface area contributed by atoms with Crippen LogP contribution in [-0.2, 0) is 4.79 Å². The Morgan fingerprint density at radius 1 is 1.24 bits per heavy atom. The van der Waals surface area contributed by atoms with Gasteiger partial charge in [-0.15, -0.1) is 0 Å². The summed E-state index contributed by atoms with van der Waals surface area (Å²) in [5.74, 6) is 0.383. The number of nitrogens with one attached hydrogen (secondary N) is 1. The SMILES string of the molecule is CN1C(=O)C[C@@H](c2ccncc2)C12CCN(C(=O)c1ccc[nH]1)CC2. The molecule has 1 spiro atoms. The zero-order valence-electron chi connectivity index (χ0n) is 14.3. The third kappa shape index (κ3) is 2.52. The van der Waals surface area contributed by atoms with Gasteiger partial charge in [0.1, 0.15) is 5.69 Å². The van der Waals surface area contributed by atoms with Gasteiger partial charge in [-0.2, -0.15) is 0 Å². The van der Waals surface area contributed by atoms with Gasteiger partial charge in [0, 0.05) is 51.1 Å². The second kappa shape index (κ2) is 6.02. The van der Waals surface area contributed by atoms with Gasteiger partial charge in [0.05, 0.1) is 5.54 Å². The summed E-state index contributed by atoms with van der Waals surface area (Å²) >= 11 is 0. The molecule has 6 heteroatoms. The number of hydrogen-bond donors (Lipinski definition) is 1. The maximum atomic E-state index is 12.6. The van der Waals surface area contributed by atoms with Gasteiger partial charge in [-0.05, 0) is 42.7 Å². The molecule has 2 aliphatic heterocycles. The first-order chi connectivity index (χ1) is 12.1. The molecule has 2 aromatic rings. The molecule has 0 aromatic carbocycles. The van der Waals surface area contributed by atoms with E-state index < -0.39 is 0 Å². The molecule has 0 aliphatic carbocycles. The van der Waals surface area contributed by atoms with Crippen LogP contribution in [0.15, 0.2) is 42.9 Å². The van der Waals surface area contributed by atoms with Crippen LogP contribution in [0.1, 0.15) is 41.2 Å². The molecule has 4 heterocycles. The van der Waals surface area contributed by atoms with Crippen LogP contribution in [-0.4, -0.2) is 57.3 Å². The van der Waals surface area contributed by atoms with E-state index in [-0.39, 0.29) is 23.3 Å². The average Bonchev–Trinajstić information content (AvgIpc) is 3.27. The van der Waals surface area contributed by atoms with Gasteiger partial charge in [-0.3, -0.25) is 14.6 Å². The van der Waals surface area contributed by atoms with Crippen molar-refractivity contribution < 1.29 is 9.59 Å². The largest absolute Gasteiger partial charge is 0.357 e. The lowest BCUT2D eigenvalue weighted by Crippen LogP contribution is -2.55. The second-order valence-electron chi connectivity index (χ2n) is 6.97. The highest BCUT2D eigenvalue weighted by molar-refractivity contribution is 5.92. The third-order valence-corrected chi connectivity index (χ3v) is 5.92. The molecule has 6 nitrogen and oxygen atoms in total. The molecule has 1 atom stereocenters. The van der Waals surface area contributed by atoms with Gasteiger partial charge in [0.15, 0.2) is 0 Å². The lowest BCUT2D eigenvalue weighted by atomic mass is 9.74. The van der Waals surface area contributed by atoms with Gasteiger partial charge in [0.25, 0.3) is 5.91 Å². The summed E-state index contributed by atoms with van der Waals surface area (Å²) in [6, 6.07) is 7.66. The fourth-order valence-electron chi connectivity index (χ4n) is 4.42. The fourth-order valence-corrected chi connectivity index (χ4v) is 4.42. The van der Waals surface area contributed by atoms with Gasteiger partial charge in [-0.1, -0.05) is 0 Å². The first kappa shape index (κ1) is 15.9. The summed E-state index contributed by atoms with van der Waals surface area (Å²) in [6.07, 6.45) is 7.47. The van der Waals surface area contributed by atoms with Crippen molar-refractivity contribution in [3.05, 3.63) is 54.1 Å². The number of piperidine rings is 1. The number of aromatic amines is 1. The highest BCUT2D eigenvalue weighted by Gasteiger charge is 2.52. The predicted octanol–water partition coefficient (Wildman–Crippen LogP) is 2.03. The molecule has 25 heavy (non-hydrogen) atoms. The topological polar surface area (TPSA) is 69.3 Å². The van der Waals surface area contributed by atoms with Crippen LogP contribution in [0.2, 0.25) is 0 Å². The smallest absolute Gasteiger partial charge is 0.270 e. The summed E-state index contributed by atoms with van der Waals surface area (Å²) in [6.45, 7) is 1.33. The molecule has 2 fully saturated rings. The molecule has 0 saturated carbocycles. The number of pyridine rings is 1. The number of aromatic nitrogens is 2. The van der Waals surface area contributed by atoms with Crippen LogP contribution in [0.3, 0.4) is 0 Å². The van der Waals surface area contributed by atoms with Crippen molar-refractivity contribution in [1.29, 1.82) is 0 Å². The van der Waals surface area contributed by atoms with Crippen LogP contribution in [0, 0.1) is 0 Å². The third-order valence-electron chi connectivity index (χ3n) is 5.92. The number of likely N-dealkylation sites (N-methyl/N-ethyl adjacent to an activating group) is 1. The monoisotopic (exact) mass is 338 g/mol. The lowest BCUT2D eigenvalue weighted by Gasteiger charge is -2.46. The molecule has 2 aliphatic rings. The molecule has 0 bridgehead atoms. The van der Waals surface area contributed by atoms with E-state index in [0.717, 1.165) is 18.4 Å². The van der Waals surface area contributed by atoms with Gasteiger partial charge in [-0.25, -0.2) is 0 Å². The molecule has 1 N–H and O–H groups in total. The standard InChI is InChI=1S/C19H22N4O2/c1-22-17(24)13-15(14-4-9-20-10-5-14)19(22)6-11-23(12-7-19)18(25)16-3-2-8-21-16/h2-5,8-10,15,21H,6-7,11-13H2,1H3/t15-/m0/s1. The normalized spacial score (nSPS) is 22.6. The Morgan fingerprint density at radius 3 is 2.60 bits per heavy atom. The number of amides is 2. The van der Waals surface area contributed by atoms with E-state index in [9.17, 15) is 9.59 Å². The summed E-state index contributed by atoms with van der Waals surface area (Å²) in [5, 5.41) is 0. The first-order valence-corrected chi connectivity index (χ1v) is 8.71. The van der Waals surface area contributed by atoms with Crippen molar-refractivity contribution in [3.8, 4) is 0 Å². The van der Waals surface area contributed by atoms with Crippen molar-refractivity contribution in [2.24, 2.45) is 0 Å². The van der Waals surface area contributed by atoms with Crippen molar-refractivity contribution in [2.45, 2.75) is 30.7 Å². The number of nitrogens with zero attached hydrogens (tertiary/aromatic N) is 3. The molecule has 2 saturated heterocycles. The Balaban J connectivity index is 1.57. The highest BCUT2D eigenvalue weighted by Crippen LogP contribution is 2.48. The molecular weight excluding hydrogens is 316 g/mol. The van der Waals surface area contributed by atoms with Crippen LogP contribution < -0.4 is 0 Å². The van der Waals surface area contributed by atoms with Crippen molar-refractivity contribution in [2.75, 3.05) is 20.1 Å². The first-order valence-electron chi connectivity index (χ1n) is 8.71. The van der Waals surface area contributed by atoms with E-state index >= 15 is 0 Å². The summed E-state index contributed by atoms with van der Waals surface area (Å²) in [5.41, 5.74) is 1.58. The van der Waals surface area contributed by atoms with E-state index in [4.69, 9.17) is 0 Å². The highest BCUT2D eigenvalue weighted by atomic mass is 16.2. The Bertz CT molecular complexity index is 764. The summed E-state index contributed by atoms with van der Waals surface area (Å²) < 4.78 is 0. The molecule has 2 amide bonds. The van der Waals surface area contributed by atoms with Crippen molar-refractivity contribution in [3.63, 3.8) is 0 Å². The van der Waals surface area contributed by atoms with Crippen LogP contribution in [0.4, 0.5) is 0 Å². The van der Waals surface area contributed by atoms with E-state index in [1.807, 2.05) is 35.0 Å². The van der Waals surface area contributed by atoms with Gasteiger partial charge in [0.2, 0.25) is 5.91 Å². The predicted molar refractivity (Wildman–Crippen MR) is 93.0 cm³/mol. The molecule has 0 unspecified atom stereocenters. The minimum Gasteiger partial charge on any atom is -0.357 e. The number of rotatable bonds is 2. The number of carbonyl (C=O) groups is 2. The molecule has 4 rings (SSSR count). The Labute approximate surface area is 146 Å². The average molecular weight is 338 g/mol. The minimum absolute atomic E-state index is 0.0345. The minimum atomic E-state index is -0.203. The van der Waals surface area contributed by atoms with Crippen LogP contribution >= 0.6 is 0 Å². The van der Waals surface area contributed by atoms with E-state index in [2.05, 4.69) is 9.97 Å². The number of carbonyl (C=O) groups excluding carboxylic acids is 2. The van der Waals surface area contributed by atoms with Gasteiger partial charge < -0.3 is 14.8 Å². The van der Waals surface area contributed by atoms with Crippen molar-refractivity contribution in [1.82, 2.24) is 19.8 Å². The Kier molecular flexibility index (Phi) is 3.82. The molecule has 2 aromatic heterocycles.